The largest absolute Gasteiger partial charge is 0.507 e. The van der Waals surface area contributed by atoms with E-state index < -0.39 is 5.97 Å². The van der Waals surface area contributed by atoms with E-state index in [1.807, 2.05) is 26.8 Å². The van der Waals surface area contributed by atoms with Crippen LogP contribution in [0.3, 0.4) is 0 Å². The summed E-state index contributed by atoms with van der Waals surface area (Å²) in [6.45, 7) is 7.65. The number of H-pyrrole nitrogens is 1. The molecule has 0 aliphatic rings. The molecule has 0 aliphatic carbocycles. The number of benzene rings is 1. The van der Waals surface area contributed by atoms with E-state index in [2.05, 4.69) is 20.1 Å². The highest BCUT2D eigenvalue weighted by molar-refractivity contribution is 8.04. The number of hydrogen-bond donors (Lipinski definition) is 3. The third-order valence-electron chi connectivity index (χ3n) is 3.69. The van der Waals surface area contributed by atoms with Gasteiger partial charge in [-0.25, -0.2) is 9.78 Å². The summed E-state index contributed by atoms with van der Waals surface area (Å²) in [5.41, 5.74) is 1.33. The number of aryl methyl sites for hydroxylation is 1. The molecular weight excluding hydrogens is 340 g/mol. The quantitative estimate of drug-likeness (QED) is 0.490. The Kier molecular flexibility index (Phi) is 6.46. The number of hydrogen-bond acceptors (Lipinski definition) is 6. The van der Waals surface area contributed by atoms with Crippen LogP contribution in [-0.2, 0) is 11.2 Å². The van der Waals surface area contributed by atoms with Gasteiger partial charge in [-0.3, -0.25) is 5.10 Å². The second kappa shape index (κ2) is 8.57. The summed E-state index contributed by atoms with van der Waals surface area (Å²) in [7, 11) is 0. The number of aromatic nitrogens is 3. The molecule has 134 valence electrons. The summed E-state index contributed by atoms with van der Waals surface area (Å²) in [6.07, 6.45) is 2.11. The summed E-state index contributed by atoms with van der Waals surface area (Å²) in [6, 6.07) is 5.22. The first kappa shape index (κ1) is 18.9. The Hall–Kier alpha value is -2.48. The minimum absolute atomic E-state index is 0.0348. The Morgan fingerprint density at radius 1 is 1.32 bits per heavy atom. The number of nitrogens with one attached hydrogen (secondary N) is 1. The zero-order chi connectivity index (χ0) is 18.4. The van der Waals surface area contributed by atoms with E-state index in [4.69, 9.17) is 0 Å². The first-order valence-corrected chi connectivity index (χ1v) is 8.92. The Bertz CT molecular complexity index is 769. The van der Waals surface area contributed by atoms with Crippen LogP contribution in [0.15, 0.2) is 28.3 Å². The van der Waals surface area contributed by atoms with E-state index in [9.17, 15) is 15.0 Å². The van der Waals surface area contributed by atoms with Crippen molar-refractivity contribution in [2.45, 2.75) is 32.3 Å². The van der Waals surface area contributed by atoms with E-state index in [0.29, 0.717) is 23.0 Å². The van der Waals surface area contributed by atoms with Crippen LogP contribution < -0.4 is 4.90 Å². The number of carboxylic acids is 1. The van der Waals surface area contributed by atoms with Crippen molar-refractivity contribution in [3.63, 3.8) is 0 Å². The summed E-state index contributed by atoms with van der Waals surface area (Å²) >= 11 is 0.943. The summed E-state index contributed by atoms with van der Waals surface area (Å²) in [5, 5.41) is 26.8. The topological polar surface area (TPSA) is 102 Å². The van der Waals surface area contributed by atoms with Crippen molar-refractivity contribution in [2.24, 2.45) is 0 Å². The maximum atomic E-state index is 11.5. The van der Waals surface area contributed by atoms with Gasteiger partial charge in [-0.1, -0.05) is 6.92 Å². The molecule has 0 radical (unpaired) electrons. The molecule has 0 spiro atoms. The highest BCUT2D eigenvalue weighted by Crippen LogP contribution is 2.31. The molecule has 0 saturated carbocycles. The van der Waals surface area contributed by atoms with Crippen molar-refractivity contribution in [3.05, 3.63) is 34.5 Å². The molecule has 1 aromatic heterocycles. The standard InChI is InChI=1S/C17H22N4O3S/c1-4-15-18-17(20-19-15)25-14(16(23)24)9-11-7-8-12(10-13(11)22)21(5-2)6-3/h7-10,22H,4-6H2,1-3H3,(H,23,24)(H,18,19,20)/b14-9-. The highest BCUT2D eigenvalue weighted by atomic mass is 32.2. The molecule has 25 heavy (non-hydrogen) atoms. The summed E-state index contributed by atoms with van der Waals surface area (Å²) in [5.74, 6) is -0.369. The number of thioether (sulfide) groups is 1. The molecule has 0 saturated heterocycles. The maximum absolute atomic E-state index is 11.5. The zero-order valence-electron chi connectivity index (χ0n) is 14.5. The number of aromatic hydroxyl groups is 1. The number of phenols is 1. The van der Waals surface area contributed by atoms with Crippen LogP contribution in [0.1, 0.15) is 32.2 Å². The second-order valence-corrected chi connectivity index (χ2v) is 6.26. The van der Waals surface area contributed by atoms with Crippen LogP contribution in [0, 0.1) is 0 Å². The van der Waals surface area contributed by atoms with Gasteiger partial charge in [0.25, 0.3) is 0 Å². The van der Waals surface area contributed by atoms with Crippen molar-refractivity contribution < 1.29 is 15.0 Å². The highest BCUT2D eigenvalue weighted by Gasteiger charge is 2.15. The van der Waals surface area contributed by atoms with E-state index in [0.717, 1.165) is 30.5 Å². The molecular formula is C17H22N4O3S. The number of carbonyl (C=O) groups is 1. The molecule has 1 aromatic carbocycles. The van der Waals surface area contributed by atoms with Gasteiger partial charge in [-0.2, -0.15) is 0 Å². The molecule has 0 amide bonds. The van der Waals surface area contributed by atoms with Crippen LogP contribution in [-0.4, -0.2) is 44.5 Å². The van der Waals surface area contributed by atoms with Crippen LogP contribution in [0.5, 0.6) is 5.75 Å². The van der Waals surface area contributed by atoms with Crippen LogP contribution in [0.25, 0.3) is 6.08 Å². The van der Waals surface area contributed by atoms with E-state index in [1.54, 1.807) is 12.1 Å². The fraction of sp³-hybridized carbons (Fsp3) is 0.353. The molecule has 7 nitrogen and oxygen atoms in total. The third-order valence-corrected chi connectivity index (χ3v) is 4.56. The fourth-order valence-electron chi connectivity index (χ4n) is 2.30. The third kappa shape index (κ3) is 4.76. The van der Waals surface area contributed by atoms with E-state index in [1.165, 1.54) is 6.08 Å². The lowest BCUT2D eigenvalue weighted by molar-refractivity contribution is -0.131. The normalized spacial score (nSPS) is 11.6. The number of anilines is 1. The molecule has 3 N–H and O–H groups in total. The predicted molar refractivity (Wildman–Crippen MR) is 98.9 cm³/mol. The molecule has 8 heteroatoms. The van der Waals surface area contributed by atoms with Gasteiger partial charge in [0.05, 0.1) is 0 Å². The fourth-order valence-corrected chi connectivity index (χ4v) is 3.01. The molecule has 0 fully saturated rings. The molecule has 0 unspecified atom stereocenters. The van der Waals surface area contributed by atoms with Crippen LogP contribution in [0.4, 0.5) is 5.69 Å². The SMILES string of the molecule is CCc1nc(S/C(=C\c2ccc(N(CC)CC)cc2O)C(=O)O)n[nH]1. The number of aliphatic carboxylic acids is 1. The van der Waals surface area contributed by atoms with Gasteiger partial charge in [0.2, 0.25) is 5.16 Å². The second-order valence-electron chi connectivity index (χ2n) is 5.25. The lowest BCUT2D eigenvalue weighted by atomic mass is 10.1. The minimum Gasteiger partial charge on any atom is -0.507 e. The average molecular weight is 362 g/mol. The number of carboxylic acid groups (broad SMARTS) is 1. The smallest absolute Gasteiger partial charge is 0.342 e. The number of phenolic OH excluding ortho intramolecular Hbond substituents is 1. The monoisotopic (exact) mass is 362 g/mol. The van der Waals surface area contributed by atoms with Crippen molar-refractivity contribution in [2.75, 3.05) is 18.0 Å². The predicted octanol–water partition coefficient (Wildman–Crippen LogP) is 3.14. The summed E-state index contributed by atoms with van der Waals surface area (Å²) in [4.78, 5) is 17.8. The van der Waals surface area contributed by atoms with Gasteiger partial charge in [-0.15, -0.1) is 5.10 Å². The lowest BCUT2D eigenvalue weighted by Crippen LogP contribution is -2.21. The minimum atomic E-state index is -1.10. The Morgan fingerprint density at radius 3 is 2.56 bits per heavy atom. The molecule has 0 bridgehead atoms. The van der Waals surface area contributed by atoms with Crippen molar-refractivity contribution in [1.82, 2.24) is 15.2 Å². The molecule has 0 aliphatic heterocycles. The van der Waals surface area contributed by atoms with E-state index >= 15 is 0 Å². The van der Waals surface area contributed by atoms with Crippen LogP contribution in [0.2, 0.25) is 0 Å². The van der Waals surface area contributed by atoms with Gasteiger partial charge < -0.3 is 15.1 Å². The number of rotatable bonds is 8. The van der Waals surface area contributed by atoms with Gasteiger partial charge in [0.15, 0.2) is 0 Å². The number of nitrogens with zero attached hydrogens (tertiary/aromatic N) is 3. The maximum Gasteiger partial charge on any atom is 0.342 e. The van der Waals surface area contributed by atoms with Gasteiger partial charge >= 0.3 is 5.97 Å². The van der Waals surface area contributed by atoms with Gasteiger partial charge in [0.1, 0.15) is 16.5 Å². The van der Waals surface area contributed by atoms with Gasteiger partial charge in [0, 0.05) is 36.8 Å². The Labute approximate surface area is 150 Å². The molecule has 2 aromatic rings. The van der Waals surface area contributed by atoms with Crippen LogP contribution >= 0.6 is 11.8 Å². The summed E-state index contributed by atoms with van der Waals surface area (Å²) < 4.78 is 0. The molecule has 1 heterocycles. The Morgan fingerprint density at radius 2 is 2.04 bits per heavy atom. The van der Waals surface area contributed by atoms with Crippen molar-refractivity contribution in [3.8, 4) is 5.75 Å². The van der Waals surface area contributed by atoms with Gasteiger partial charge in [-0.05, 0) is 43.8 Å². The first-order valence-electron chi connectivity index (χ1n) is 8.10. The molecule has 0 atom stereocenters. The average Bonchev–Trinajstić information content (AvgIpc) is 3.05. The number of aromatic amines is 1. The molecule has 2 rings (SSSR count). The lowest BCUT2D eigenvalue weighted by Gasteiger charge is -2.21. The van der Waals surface area contributed by atoms with E-state index in [-0.39, 0.29) is 10.7 Å². The first-order chi connectivity index (χ1) is 12.0. The van der Waals surface area contributed by atoms with Crippen molar-refractivity contribution in [1.29, 1.82) is 0 Å². The Balaban J connectivity index is 2.28. The van der Waals surface area contributed by atoms with Crippen molar-refractivity contribution >= 4 is 29.5 Å². The zero-order valence-corrected chi connectivity index (χ0v) is 15.3.